The van der Waals surface area contributed by atoms with Crippen LogP contribution in [-0.2, 0) is 11.2 Å². The van der Waals surface area contributed by atoms with Crippen LogP contribution in [0.4, 0.5) is 0 Å². The van der Waals surface area contributed by atoms with Crippen LogP contribution in [0.1, 0.15) is 26.4 Å². The van der Waals surface area contributed by atoms with Crippen molar-refractivity contribution >= 4 is 39.5 Å². The van der Waals surface area contributed by atoms with Crippen LogP contribution in [0.15, 0.2) is 83.8 Å². The van der Waals surface area contributed by atoms with E-state index in [0.717, 1.165) is 22.5 Å². The molecule has 196 valence electrons. The smallest absolute Gasteiger partial charge is 0.273 e. The highest BCUT2D eigenvalue weighted by Gasteiger charge is 2.25. The average molecular weight is 526 g/mol. The number of aromatic nitrogens is 2. The van der Waals surface area contributed by atoms with Crippen molar-refractivity contribution in [3.8, 4) is 11.5 Å². The first-order chi connectivity index (χ1) is 18.8. The molecule has 3 amide bonds. The summed E-state index contributed by atoms with van der Waals surface area (Å²) in [5, 5.41) is 23.7. The minimum atomic E-state index is -1.19. The third kappa shape index (κ3) is 5.14. The number of carbonyl (C=O) groups excluding carboxylic acids is 3. The quantitative estimate of drug-likeness (QED) is 0.167. The number of fused-ring (bicyclic) bond motifs is 2. The Labute approximate surface area is 220 Å². The second kappa shape index (κ2) is 10.4. The summed E-state index contributed by atoms with van der Waals surface area (Å²) >= 11 is 0. The van der Waals surface area contributed by atoms with Crippen molar-refractivity contribution in [2.24, 2.45) is 0 Å². The molecular weight excluding hydrogens is 502 g/mol. The Balaban J connectivity index is 1.41. The van der Waals surface area contributed by atoms with Crippen LogP contribution in [0.3, 0.4) is 0 Å². The first kappa shape index (κ1) is 25.1. The molecule has 0 aliphatic heterocycles. The number of aromatic hydroxyl groups is 2. The number of phenolic OH excluding ortho intramolecular Hbond substituents is 2. The Morgan fingerprint density at radius 2 is 1.54 bits per heavy atom. The summed E-state index contributed by atoms with van der Waals surface area (Å²) in [6.07, 6.45) is 1.75. The van der Waals surface area contributed by atoms with Gasteiger partial charge in [0.1, 0.15) is 23.2 Å². The number of aromatic amines is 2. The standard InChI is InChI=1S/C28H23N5O6/c34-22-10-4-2-7-18(22)26(37)32-33-28(39)20(12-15-14-29-19-9-3-1-6-16(15)19)31-27(38)21-13-24(36)17-8-5-11-23(35)25(17)30-21/h1-11,13-14,20,29,34-35H,12H2,(H,30,36)(H,31,38)(H,32,37)(H,33,39)/t20-/m0/s1. The van der Waals surface area contributed by atoms with Gasteiger partial charge in [0.2, 0.25) is 0 Å². The molecule has 5 rings (SSSR count). The number of para-hydroxylation sites is 3. The Hall–Kier alpha value is -5.58. The van der Waals surface area contributed by atoms with Crippen molar-refractivity contribution in [1.29, 1.82) is 0 Å². The molecule has 2 aromatic heterocycles. The van der Waals surface area contributed by atoms with Crippen molar-refractivity contribution < 1.29 is 24.6 Å². The maximum Gasteiger partial charge on any atom is 0.273 e. The molecule has 0 aliphatic carbocycles. The second-order valence-electron chi connectivity index (χ2n) is 8.80. The zero-order valence-corrected chi connectivity index (χ0v) is 20.3. The summed E-state index contributed by atoms with van der Waals surface area (Å²) in [5.41, 5.74) is 5.47. The highest BCUT2D eigenvalue weighted by molar-refractivity contribution is 6.00. The van der Waals surface area contributed by atoms with Crippen LogP contribution in [0.25, 0.3) is 21.8 Å². The molecule has 1 atom stereocenters. The Morgan fingerprint density at radius 3 is 2.36 bits per heavy atom. The molecule has 0 aliphatic rings. The lowest BCUT2D eigenvalue weighted by atomic mass is 10.0. The molecule has 11 nitrogen and oxygen atoms in total. The van der Waals surface area contributed by atoms with Crippen LogP contribution >= 0.6 is 0 Å². The van der Waals surface area contributed by atoms with E-state index >= 15 is 0 Å². The van der Waals surface area contributed by atoms with Crippen LogP contribution in [0.2, 0.25) is 0 Å². The third-order valence-corrected chi connectivity index (χ3v) is 6.26. The highest BCUT2D eigenvalue weighted by Crippen LogP contribution is 2.21. The van der Waals surface area contributed by atoms with Gasteiger partial charge in [0.15, 0.2) is 5.43 Å². The van der Waals surface area contributed by atoms with Crippen LogP contribution in [0.5, 0.6) is 11.5 Å². The molecule has 11 heteroatoms. The SMILES string of the molecule is O=C(N[C@@H](Cc1c[nH]c2ccccc12)C(=O)NNC(=O)c1ccccc1O)c1cc(=O)c2cccc(O)c2[nH]1. The lowest BCUT2D eigenvalue weighted by Crippen LogP contribution is -2.53. The number of hydrogen-bond acceptors (Lipinski definition) is 6. The molecule has 0 saturated carbocycles. The number of rotatable bonds is 6. The Bertz CT molecular complexity index is 1790. The molecule has 0 saturated heterocycles. The van der Waals surface area contributed by atoms with E-state index in [-0.39, 0.29) is 40.1 Å². The number of carbonyl (C=O) groups is 3. The molecule has 3 aromatic carbocycles. The predicted octanol–water partition coefficient (Wildman–Crippen LogP) is 2.22. The van der Waals surface area contributed by atoms with Gasteiger partial charge in [-0.3, -0.25) is 30.0 Å². The third-order valence-electron chi connectivity index (χ3n) is 6.26. The molecule has 0 radical (unpaired) electrons. The molecule has 0 fully saturated rings. The number of hydrogen-bond donors (Lipinski definition) is 7. The van der Waals surface area contributed by atoms with Crippen LogP contribution in [-0.4, -0.2) is 43.9 Å². The number of amides is 3. The summed E-state index contributed by atoms with van der Waals surface area (Å²) in [6, 6.07) is 17.5. The lowest BCUT2D eigenvalue weighted by Gasteiger charge is -2.19. The van der Waals surface area contributed by atoms with Gasteiger partial charge in [-0.2, -0.15) is 0 Å². The number of hydrazine groups is 1. The first-order valence-corrected chi connectivity index (χ1v) is 11.9. The average Bonchev–Trinajstić information content (AvgIpc) is 3.34. The number of nitrogens with one attached hydrogen (secondary N) is 5. The topological polar surface area (TPSA) is 176 Å². The maximum atomic E-state index is 13.2. The van der Waals surface area contributed by atoms with Crippen molar-refractivity contribution in [1.82, 2.24) is 26.1 Å². The number of benzene rings is 3. The second-order valence-corrected chi connectivity index (χ2v) is 8.80. The molecule has 2 heterocycles. The van der Waals surface area contributed by atoms with Crippen LogP contribution in [0, 0.1) is 0 Å². The van der Waals surface area contributed by atoms with Crippen molar-refractivity contribution in [2.45, 2.75) is 12.5 Å². The van der Waals surface area contributed by atoms with Gasteiger partial charge in [-0.05, 0) is 35.9 Å². The first-order valence-electron chi connectivity index (χ1n) is 11.9. The van der Waals surface area contributed by atoms with E-state index in [4.69, 9.17) is 0 Å². The number of phenols is 2. The van der Waals surface area contributed by atoms with E-state index in [1.54, 1.807) is 18.3 Å². The van der Waals surface area contributed by atoms with E-state index in [0.29, 0.717) is 0 Å². The fourth-order valence-electron chi connectivity index (χ4n) is 4.28. The zero-order valence-electron chi connectivity index (χ0n) is 20.3. The van der Waals surface area contributed by atoms with E-state index in [2.05, 4.69) is 26.1 Å². The molecule has 0 spiro atoms. The van der Waals surface area contributed by atoms with Gasteiger partial charge in [0.25, 0.3) is 17.7 Å². The molecule has 0 unspecified atom stereocenters. The largest absolute Gasteiger partial charge is 0.507 e. The molecule has 7 N–H and O–H groups in total. The summed E-state index contributed by atoms with van der Waals surface area (Å²) in [7, 11) is 0. The summed E-state index contributed by atoms with van der Waals surface area (Å²) in [6.45, 7) is 0. The maximum absolute atomic E-state index is 13.2. The lowest BCUT2D eigenvalue weighted by molar-refractivity contribution is -0.123. The van der Waals surface area contributed by atoms with Crippen molar-refractivity contribution in [3.63, 3.8) is 0 Å². The minimum absolute atomic E-state index is 0.0388. The summed E-state index contributed by atoms with van der Waals surface area (Å²) < 4.78 is 0. The molecule has 0 bridgehead atoms. The van der Waals surface area contributed by atoms with E-state index in [9.17, 15) is 29.4 Å². The molecule has 5 aromatic rings. The Kier molecular flexibility index (Phi) is 6.70. The minimum Gasteiger partial charge on any atom is -0.507 e. The zero-order chi connectivity index (χ0) is 27.5. The predicted molar refractivity (Wildman–Crippen MR) is 143 cm³/mol. The van der Waals surface area contributed by atoms with Gasteiger partial charge in [-0.15, -0.1) is 0 Å². The van der Waals surface area contributed by atoms with Gasteiger partial charge in [0, 0.05) is 35.0 Å². The van der Waals surface area contributed by atoms with E-state index in [1.807, 2.05) is 24.3 Å². The van der Waals surface area contributed by atoms with Crippen molar-refractivity contribution in [2.75, 3.05) is 0 Å². The van der Waals surface area contributed by atoms with Gasteiger partial charge >= 0.3 is 0 Å². The van der Waals surface area contributed by atoms with Gasteiger partial charge in [-0.1, -0.05) is 36.4 Å². The van der Waals surface area contributed by atoms with Gasteiger partial charge < -0.3 is 25.5 Å². The number of pyridine rings is 1. The van der Waals surface area contributed by atoms with Gasteiger partial charge in [-0.25, -0.2) is 0 Å². The summed E-state index contributed by atoms with van der Waals surface area (Å²) in [5.74, 6) is -2.75. The van der Waals surface area contributed by atoms with E-state index < -0.39 is 29.2 Å². The molecular formula is C28H23N5O6. The normalized spacial score (nSPS) is 11.7. The fourth-order valence-corrected chi connectivity index (χ4v) is 4.28. The summed E-state index contributed by atoms with van der Waals surface area (Å²) in [4.78, 5) is 57.3. The monoisotopic (exact) mass is 525 g/mol. The van der Waals surface area contributed by atoms with Crippen LogP contribution < -0.4 is 21.6 Å². The van der Waals surface area contributed by atoms with Crippen molar-refractivity contribution in [3.05, 3.63) is 106 Å². The van der Waals surface area contributed by atoms with Gasteiger partial charge in [0.05, 0.1) is 11.1 Å². The number of H-pyrrole nitrogens is 2. The fraction of sp³-hybridized carbons (Fsp3) is 0.0714. The Morgan fingerprint density at radius 1 is 0.821 bits per heavy atom. The van der Waals surface area contributed by atoms with E-state index in [1.165, 1.54) is 30.3 Å². The molecule has 39 heavy (non-hydrogen) atoms. The highest BCUT2D eigenvalue weighted by atomic mass is 16.3.